The zero-order chi connectivity index (χ0) is 10.3. The van der Waals surface area contributed by atoms with E-state index in [1.165, 1.54) is 0 Å². The number of rotatable bonds is 1. The van der Waals surface area contributed by atoms with Gasteiger partial charge in [-0.25, -0.2) is 0 Å². The van der Waals surface area contributed by atoms with Crippen molar-refractivity contribution in [3.8, 4) is 0 Å². The number of benzene rings is 1. The lowest BCUT2D eigenvalue weighted by atomic mass is 10.1. The molecular formula is C11H12ClNO. The molecule has 1 aromatic carbocycles. The summed E-state index contributed by atoms with van der Waals surface area (Å²) in [4.78, 5) is 0. The highest BCUT2D eigenvalue weighted by molar-refractivity contribution is 6.35. The monoisotopic (exact) mass is 209 g/mol. The molecule has 2 rings (SSSR count). The molecule has 1 N–H and O–H groups in total. The molecule has 3 heteroatoms. The van der Waals surface area contributed by atoms with Gasteiger partial charge in [-0.05, 0) is 30.7 Å². The number of nitrogens with zero attached hydrogens (tertiary/aromatic N) is 1. The van der Waals surface area contributed by atoms with Crippen LogP contribution in [0.25, 0.3) is 10.9 Å². The Morgan fingerprint density at radius 2 is 2.14 bits per heavy atom. The third-order valence-electron chi connectivity index (χ3n) is 2.46. The molecule has 1 heterocycles. The molecule has 0 amide bonds. The van der Waals surface area contributed by atoms with Gasteiger partial charge >= 0.3 is 0 Å². The highest BCUT2D eigenvalue weighted by Gasteiger charge is 2.08. The van der Waals surface area contributed by atoms with Crippen LogP contribution in [0.5, 0.6) is 0 Å². The number of aryl methyl sites for hydroxylation is 1. The van der Waals surface area contributed by atoms with Crippen LogP contribution in [-0.2, 0) is 7.05 Å². The molecule has 0 fully saturated rings. The maximum Gasteiger partial charge on any atom is 0.0763 e. The highest BCUT2D eigenvalue weighted by atomic mass is 35.5. The first kappa shape index (κ1) is 9.56. The van der Waals surface area contributed by atoms with Crippen molar-refractivity contribution < 1.29 is 5.11 Å². The van der Waals surface area contributed by atoms with Crippen LogP contribution >= 0.6 is 11.6 Å². The molecule has 74 valence electrons. The fourth-order valence-corrected chi connectivity index (χ4v) is 1.87. The molecule has 0 bridgehead atoms. The Hall–Kier alpha value is -0.990. The van der Waals surface area contributed by atoms with Gasteiger partial charge in [-0.3, -0.25) is 0 Å². The van der Waals surface area contributed by atoms with Crippen LogP contribution in [-0.4, -0.2) is 9.67 Å². The Labute approximate surface area is 87.7 Å². The number of hydrogen-bond acceptors (Lipinski definition) is 1. The summed E-state index contributed by atoms with van der Waals surface area (Å²) in [6.07, 6.45) is 1.48. The van der Waals surface area contributed by atoms with E-state index in [2.05, 4.69) is 0 Å². The molecular weight excluding hydrogens is 198 g/mol. The van der Waals surface area contributed by atoms with Crippen molar-refractivity contribution in [2.24, 2.45) is 7.05 Å². The van der Waals surface area contributed by atoms with E-state index in [1.54, 1.807) is 6.92 Å². The number of aliphatic hydroxyl groups is 1. The van der Waals surface area contributed by atoms with Crippen LogP contribution in [0, 0.1) is 0 Å². The molecule has 0 radical (unpaired) electrons. The molecule has 1 unspecified atom stereocenters. The van der Waals surface area contributed by atoms with E-state index in [0.29, 0.717) is 5.02 Å². The predicted molar refractivity (Wildman–Crippen MR) is 58.6 cm³/mol. The Kier molecular flexibility index (Phi) is 2.25. The summed E-state index contributed by atoms with van der Waals surface area (Å²) < 4.78 is 1.99. The summed E-state index contributed by atoms with van der Waals surface area (Å²) in [5, 5.41) is 11.2. The quantitative estimate of drug-likeness (QED) is 0.768. The molecule has 2 aromatic rings. The van der Waals surface area contributed by atoms with E-state index in [0.717, 1.165) is 16.5 Å². The van der Waals surface area contributed by atoms with Crippen molar-refractivity contribution in [1.29, 1.82) is 0 Å². The molecule has 0 saturated heterocycles. The molecule has 0 aliphatic rings. The minimum absolute atomic E-state index is 0.480. The van der Waals surface area contributed by atoms with Crippen LogP contribution in [0.3, 0.4) is 0 Å². The molecule has 0 saturated carbocycles. The fourth-order valence-electron chi connectivity index (χ4n) is 1.59. The van der Waals surface area contributed by atoms with Gasteiger partial charge in [-0.15, -0.1) is 0 Å². The van der Waals surface area contributed by atoms with E-state index in [-0.39, 0.29) is 0 Å². The molecule has 14 heavy (non-hydrogen) atoms. The van der Waals surface area contributed by atoms with Crippen LogP contribution in [0.2, 0.25) is 5.02 Å². The molecule has 1 aromatic heterocycles. The van der Waals surface area contributed by atoms with Gasteiger partial charge in [0.1, 0.15) is 0 Å². The minimum atomic E-state index is -0.480. The second-order valence-corrected chi connectivity index (χ2v) is 3.95. The lowest BCUT2D eigenvalue weighted by molar-refractivity contribution is 0.199. The Balaban J connectivity index is 2.75. The Morgan fingerprint density at radius 3 is 2.79 bits per heavy atom. The first-order valence-electron chi connectivity index (χ1n) is 4.52. The van der Waals surface area contributed by atoms with Crippen LogP contribution < -0.4 is 0 Å². The van der Waals surface area contributed by atoms with Crippen molar-refractivity contribution in [2.45, 2.75) is 13.0 Å². The second-order valence-electron chi connectivity index (χ2n) is 3.54. The third-order valence-corrected chi connectivity index (χ3v) is 2.77. The lowest BCUT2D eigenvalue weighted by Crippen LogP contribution is -1.92. The van der Waals surface area contributed by atoms with Gasteiger partial charge < -0.3 is 9.67 Å². The molecule has 2 nitrogen and oxygen atoms in total. The zero-order valence-electron chi connectivity index (χ0n) is 8.16. The first-order valence-corrected chi connectivity index (χ1v) is 4.90. The van der Waals surface area contributed by atoms with Gasteiger partial charge in [0.05, 0.1) is 11.1 Å². The minimum Gasteiger partial charge on any atom is -0.389 e. The lowest BCUT2D eigenvalue weighted by Gasteiger charge is -2.07. The van der Waals surface area contributed by atoms with Gasteiger partial charge in [0, 0.05) is 24.1 Å². The molecule has 1 atom stereocenters. The normalized spacial score (nSPS) is 13.4. The fraction of sp³-hybridized carbons (Fsp3) is 0.273. The molecule has 0 aliphatic carbocycles. The summed E-state index contributed by atoms with van der Waals surface area (Å²) >= 11 is 6.10. The summed E-state index contributed by atoms with van der Waals surface area (Å²) in [5.74, 6) is 0. The van der Waals surface area contributed by atoms with Crippen molar-refractivity contribution in [2.75, 3.05) is 0 Å². The largest absolute Gasteiger partial charge is 0.389 e. The van der Waals surface area contributed by atoms with E-state index >= 15 is 0 Å². The summed E-state index contributed by atoms with van der Waals surface area (Å²) in [7, 11) is 1.96. The second kappa shape index (κ2) is 3.30. The van der Waals surface area contributed by atoms with E-state index in [1.807, 2.05) is 36.0 Å². The van der Waals surface area contributed by atoms with E-state index in [4.69, 9.17) is 11.6 Å². The maximum atomic E-state index is 9.47. The van der Waals surface area contributed by atoms with Gasteiger partial charge in [-0.2, -0.15) is 0 Å². The molecule has 0 aliphatic heterocycles. The van der Waals surface area contributed by atoms with Crippen molar-refractivity contribution >= 4 is 22.5 Å². The van der Waals surface area contributed by atoms with Gasteiger partial charge in [-0.1, -0.05) is 11.6 Å². The zero-order valence-corrected chi connectivity index (χ0v) is 8.92. The number of aliphatic hydroxyl groups excluding tert-OH is 1. The number of fused-ring (bicyclic) bond motifs is 1. The van der Waals surface area contributed by atoms with Crippen molar-refractivity contribution in [1.82, 2.24) is 4.57 Å². The third kappa shape index (κ3) is 1.41. The summed E-state index contributed by atoms with van der Waals surface area (Å²) in [6, 6.07) is 5.75. The van der Waals surface area contributed by atoms with Crippen LogP contribution in [0.4, 0.5) is 0 Å². The Bertz CT molecular complexity index is 473. The van der Waals surface area contributed by atoms with Gasteiger partial charge in [0.25, 0.3) is 0 Å². The number of hydrogen-bond donors (Lipinski definition) is 1. The number of halogens is 1. The van der Waals surface area contributed by atoms with E-state index < -0.39 is 6.10 Å². The standard InChI is InChI=1S/C11H12ClNO/c1-7(14)8-5-10(12)9-3-4-13(2)11(9)6-8/h3-7,14H,1-2H3. The smallest absolute Gasteiger partial charge is 0.0763 e. The average molecular weight is 210 g/mol. The average Bonchev–Trinajstić information content (AvgIpc) is 2.48. The molecule has 0 spiro atoms. The predicted octanol–water partition coefficient (Wildman–Crippen LogP) is 2.89. The van der Waals surface area contributed by atoms with Gasteiger partial charge in [0.2, 0.25) is 0 Å². The topological polar surface area (TPSA) is 25.2 Å². The van der Waals surface area contributed by atoms with Crippen molar-refractivity contribution in [3.05, 3.63) is 35.0 Å². The summed E-state index contributed by atoms with van der Waals surface area (Å²) in [6.45, 7) is 1.74. The summed E-state index contributed by atoms with van der Waals surface area (Å²) in [5.41, 5.74) is 1.90. The van der Waals surface area contributed by atoms with Crippen molar-refractivity contribution in [3.63, 3.8) is 0 Å². The SMILES string of the molecule is CC(O)c1cc(Cl)c2ccn(C)c2c1. The maximum absolute atomic E-state index is 9.47. The van der Waals surface area contributed by atoms with Crippen LogP contribution in [0.15, 0.2) is 24.4 Å². The Morgan fingerprint density at radius 1 is 1.43 bits per heavy atom. The van der Waals surface area contributed by atoms with Crippen LogP contribution in [0.1, 0.15) is 18.6 Å². The number of aromatic nitrogens is 1. The van der Waals surface area contributed by atoms with E-state index in [9.17, 15) is 5.11 Å². The highest BCUT2D eigenvalue weighted by Crippen LogP contribution is 2.28. The first-order chi connectivity index (χ1) is 6.59. The van der Waals surface area contributed by atoms with Gasteiger partial charge in [0.15, 0.2) is 0 Å².